The highest BCUT2D eigenvalue weighted by Crippen LogP contribution is 2.29. The van der Waals surface area contributed by atoms with Crippen LogP contribution in [-0.4, -0.2) is 52.2 Å². The number of benzene rings is 1. The molecule has 1 aromatic rings. The van der Waals surface area contributed by atoms with Crippen molar-refractivity contribution in [2.45, 2.75) is 13.3 Å². The zero-order chi connectivity index (χ0) is 16.5. The van der Waals surface area contributed by atoms with E-state index in [2.05, 4.69) is 10.2 Å². The van der Waals surface area contributed by atoms with Gasteiger partial charge in [0, 0.05) is 24.3 Å². The molecule has 0 bridgehead atoms. The molecular formula is C17H26N2O3. The molecule has 1 amide bonds. The molecular weight excluding hydrogens is 280 g/mol. The predicted octanol–water partition coefficient (Wildman–Crippen LogP) is 2.17. The number of nitrogens with zero attached hydrogens (tertiary/aromatic N) is 1. The Hall–Kier alpha value is -2.01. The van der Waals surface area contributed by atoms with Gasteiger partial charge in [-0.15, -0.1) is 0 Å². The summed E-state index contributed by atoms with van der Waals surface area (Å²) in [5.74, 6) is 1.32. The molecule has 0 aliphatic heterocycles. The van der Waals surface area contributed by atoms with Crippen molar-refractivity contribution in [2.75, 3.05) is 41.4 Å². The first-order valence-corrected chi connectivity index (χ1v) is 7.31. The molecule has 1 rings (SSSR count). The lowest BCUT2D eigenvalue weighted by atomic mass is 10.1. The fourth-order valence-electron chi connectivity index (χ4n) is 2.06. The molecule has 122 valence electrons. The molecule has 0 fully saturated rings. The van der Waals surface area contributed by atoms with E-state index in [-0.39, 0.29) is 5.91 Å². The average molecular weight is 306 g/mol. The van der Waals surface area contributed by atoms with Crippen molar-refractivity contribution >= 4 is 11.5 Å². The van der Waals surface area contributed by atoms with Gasteiger partial charge in [-0.05, 0) is 51.7 Å². The first-order valence-electron chi connectivity index (χ1n) is 7.31. The van der Waals surface area contributed by atoms with Crippen LogP contribution in [0, 0.1) is 0 Å². The number of nitrogens with one attached hydrogen (secondary N) is 1. The molecule has 0 radical (unpaired) electrons. The molecule has 0 spiro atoms. The van der Waals surface area contributed by atoms with E-state index in [1.165, 1.54) is 0 Å². The van der Waals surface area contributed by atoms with E-state index in [0.717, 1.165) is 29.9 Å². The molecule has 22 heavy (non-hydrogen) atoms. The Kier molecular flexibility index (Phi) is 7.46. The number of carbonyl (C=O) groups is 1. The van der Waals surface area contributed by atoms with E-state index in [1.807, 2.05) is 39.2 Å². The third kappa shape index (κ3) is 5.77. The monoisotopic (exact) mass is 306 g/mol. The number of carbonyl (C=O) groups excluding carboxylic acids is 1. The molecule has 0 unspecified atom stereocenters. The second-order valence-corrected chi connectivity index (χ2v) is 5.34. The van der Waals surface area contributed by atoms with Gasteiger partial charge in [0.25, 0.3) is 0 Å². The average Bonchev–Trinajstić information content (AvgIpc) is 2.50. The van der Waals surface area contributed by atoms with Gasteiger partial charge >= 0.3 is 0 Å². The largest absolute Gasteiger partial charge is 0.497 e. The standard InChI is InChI=1S/C17H26N2O3/c1-13(11-17(20)18-9-6-10-19(2)3)15-8-7-14(21-4)12-16(15)22-5/h7-8,11-12H,6,9-10H2,1-5H3,(H,18,20)/b13-11+. The lowest BCUT2D eigenvalue weighted by Gasteiger charge is -2.11. The molecule has 0 heterocycles. The van der Waals surface area contributed by atoms with Crippen LogP contribution in [0.2, 0.25) is 0 Å². The Balaban J connectivity index is 2.69. The Morgan fingerprint density at radius 2 is 2.00 bits per heavy atom. The fourth-order valence-corrected chi connectivity index (χ4v) is 2.06. The van der Waals surface area contributed by atoms with Crippen LogP contribution in [0.25, 0.3) is 5.57 Å². The lowest BCUT2D eigenvalue weighted by Crippen LogP contribution is -2.25. The summed E-state index contributed by atoms with van der Waals surface area (Å²) in [5.41, 5.74) is 1.73. The van der Waals surface area contributed by atoms with Crippen LogP contribution in [0.15, 0.2) is 24.3 Å². The molecule has 0 atom stereocenters. The molecule has 0 saturated heterocycles. The van der Waals surface area contributed by atoms with Crippen LogP contribution in [0.5, 0.6) is 11.5 Å². The molecule has 0 aliphatic rings. The molecule has 5 heteroatoms. The zero-order valence-electron chi connectivity index (χ0n) is 14.1. The van der Waals surface area contributed by atoms with Crippen molar-refractivity contribution < 1.29 is 14.3 Å². The highest BCUT2D eigenvalue weighted by molar-refractivity contribution is 5.95. The highest BCUT2D eigenvalue weighted by atomic mass is 16.5. The topological polar surface area (TPSA) is 50.8 Å². The van der Waals surface area contributed by atoms with Crippen LogP contribution in [0.1, 0.15) is 18.9 Å². The smallest absolute Gasteiger partial charge is 0.244 e. The van der Waals surface area contributed by atoms with Crippen LogP contribution < -0.4 is 14.8 Å². The molecule has 0 saturated carbocycles. The molecule has 1 aromatic carbocycles. The number of allylic oxidation sites excluding steroid dienone is 1. The Morgan fingerprint density at radius 1 is 1.27 bits per heavy atom. The summed E-state index contributed by atoms with van der Waals surface area (Å²) in [6, 6.07) is 5.55. The third-order valence-corrected chi connectivity index (χ3v) is 3.26. The summed E-state index contributed by atoms with van der Waals surface area (Å²) in [6.45, 7) is 3.51. The Labute approximate surface area is 132 Å². The third-order valence-electron chi connectivity index (χ3n) is 3.26. The highest BCUT2D eigenvalue weighted by Gasteiger charge is 2.08. The summed E-state index contributed by atoms with van der Waals surface area (Å²) in [4.78, 5) is 14.0. The Bertz CT molecular complexity index is 525. The van der Waals surface area contributed by atoms with Crippen LogP contribution in [-0.2, 0) is 4.79 Å². The maximum absolute atomic E-state index is 11.9. The summed E-state index contributed by atoms with van der Waals surface area (Å²) >= 11 is 0. The van der Waals surface area contributed by atoms with Gasteiger partial charge in [0.1, 0.15) is 11.5 Å². The summed E-state index contributed by atoms with van der Waals surface area (Å²) < 4.78 is 10.5. The summed E-state index contributed by atoms with van der Waals surface area (Å²) in [5, 5.41) is 2.89. The number of amides is 1. The van der Waals surface area contributed by atoms with E-state index < -0.39 is 0 Å². The number of rotatable bonds is 8. The first kappa shape index (κ1) is 18.0. The fraction of sp³-hybridized carbons (Fsp3) is 0.471. The predicted molar refractivity (Wildman–Crippen MR) is 89.4 cm³/mol. The van der Waals surface area contributed by atoms with Gasteiger partial charge in [-0.25, -0.2) is 0 Å². The van der Waals surface area contributed by atoms with Gasteiger partial charge in [-0.2, -0.15) is 0 Å². The van der Waals surface area contributed by atoms with E-state index in [4.69, 9.17) is 9.47 Å². The van der Waals surface area contributed by atoms with E-state index in [1.54, 1.807) is 20.3 Å². The van der Waals surface area contributed by atoms with E-state index >= 15 is 0 Å². The van der Waals surface area contributed by atoms with E-state index in [0.29, 0.717) is 12.3 Å². The minimum absolute atomic E-state index is 0.0888. The minimum atomic E-state index is -0.0888. The second-order valence-electron chi connectivity index (χ2n) is 5.34. The minimum Gasteiger partial charge on any atom is -0.497 e. The van der Waals surface area contributed by atoms with Crippen molar-refractivity contribution in [3.63, 3.8) is 0 Å². The van der Waals surface area contributed by atoms with E-state index in [9.17, 15) is 4.79 Å². The first-order chi connectivity index (χ1) is 10.5. The zero-order valence-corrected chi connectivity index (χ0v) is 14.1. The van der Waals surface area contributed by atoms with Crippen molar-refractivity contribution in [1.29, 1.82) is 0 Å². The quantitative estimate of drug-likeness (QED) is 0.591. The van der Waals surface area contributed by atoms with Crippen molar-refractivity contribution in [1.82, 2.24) is 10.2 Å². The van der Waals surface area contributed by atoms with Crippen LogP contribution in [0.3, 0.4) is 0 Å². The van der Waals surface area contributed by atoms with Gasteiger partial charge in [0.05, 0.1) is 14.2 Å². The van der Waals surface area contributed by atoms with Crippen molar-refractivity contribution in [2.24, 2.45) is 0 Å². The maximum Gasteiger partial charge on any atom is 0.244 e. The molecule has 0 aromatic heterocycles. The number of hydrogen-bond donors (Lipinski definition) is 1. The normalized spacial score (nSPS) is 11.5. The maximum atomic E-state index is 11.9. The molecule has 0 aliphatic carbocycles. The lowest BCUT2D eigenvalue weighted by molar-refractivity contribution is -0.116. The summed E-state index contributed by atoms with van der Waals surface area (Å²) in [7, 11) is 7.24. The number of ether oxygens (including phenoxy) is 2. The van der Waals surface area contributed by atoms with Crippen molar-refractivity contribution in [3.05, 3.63) is 29.8 Å². The van der Waals surface area contributed by atoms with Gasteiger partial charge in [-0.3, -0.25) is 4.79 Å². The van der Waals surface area contributed by atoms with Crippen LogP contribution in [0.4, 0.5) is 0 Å². The van der Waals surface area contributed by atoms with Crippen LogP contribution >= 0.6 is 0 Å². The molecule has 1 N–H and O–H groups in total. The molecule has 5 nitrogen and oxygen atoms in total. The van der Waals surface area contributed by atoms with Gasteiger partial charge in [0.2, 0.25) is 5.91 Å². The van der Waals surface area contributed by atoms with Gasteiger partial charge in [0.15, 0.2) is 0 Å². The SMILES string of the molecule is COc1ccc(/C(C)=C/C(=O)NCCCN(C)C)c(OC)c1. The summed E-state index contributed by atoms with van der Waals surface area (Å²) in [6.07, 6.45) is 2.53. The number of hydrogen-bond acceptors (Lipinski definition) is 4. The number of methoxy groups -OCH3 is 2. The second kappa shape index (κ2) is 9.10. The van der Waals surface area contributed by atoms with Crippen molar-refractivity contribution in [3.8, 4) is 11.5 Å². The van der Waals surface area contributed by atoms with Gasteiger partial charge in [-0.1, -0.05) is 0 Å². The van der Waals surface area contributed by atoms with Gasteiger partial charge < -0.3 is 19.7 Å². The Morgan fingerprint density at radius 3 is 2.59 bits per heavy atom.